The lowest BCUT2D eigenvalue weighted by Crippen LogP contribution is -2.28. The van der Waals surface area contributed by atoms with Gasteiger partial charge in [-0.3, -0.25) is 4.79 Å². The predicted octanol–water partition coefficient (Wildman–Crippen LogP) is 4.09. The van der Waals surface area contributed by atoms with E-state index in [9.17, 15) is 14.3 Å². The van der Waals surface area contributed by atoms with Gasteiger partial charge in [0.15, 0.2) is 0 Å². The molecule has 4 rings (SSSR count). The Morgan fingerprint density at radius 2 is 1.88 bits per heavy atom. The van der Waals surface area contributed by atoms with Crippen LogP contribution in [0.25, 0.3) is 11.0 Å². The summed E-state index contributed by atoms with van der Waals surface area (Å²) in [5.41, 5.74) is 4.50. The molecule has 0 saturated heterocycles. The Bertz CT molecular complexity index is 1280. The minimum Gasteiger partial charge on any atom is -0.491 e. The van der Waals surface area contributed by atoms with Crippen LogP contribution >= 0.6 is 0 Å². The fourth-order valence-electron chi connectivity index (χ4n) is 3.79. The van der Waals surface area contributed by atoms with Crippen LogP contribution in [-0.4, -0.2) is 33.3 Å². The molecular formula is C27H28FN3O3. The van der Waals surface area contributed by atoms with Crippen molar-refractivity contribution < 1.29 is 19.0 Å². The van der Waals surface area contributed by atoms with Crippen LogP contribution in [0.15, 0.2) is 66.7 Å². The van der Waals surface area contributed by atoms with E-state index in [0.717, 1.165) is 33.5 Å². The van der Waals surface area contributed by atoms with Crippen LogP contribution in [-0.2, 0) is 24.3 Å². The molecule has 0 fully saturated rings. The number of aryl methyl sites for hydroxylation is 2. The molecule has 0 unspecified atom stereocenters. The normalized spacial score (nSPS) is 12.0. The maximum atomic E-state index is 13.1. The largest absolute Gasteiger partial charge is 0.491 e. The molecule has 7 heteroatoms. The Kier molecular flexibility index (Phi) is 7.23. The van der Waals surface area contributed by atoms with E-state index in [2.05, 4.69) is 10.3 Å². The SMILES string of the molecule is Cc1ccc(C)c(OC[C@H](O)Cn2c(CC(=O)NCc3ccc(F)cc3)nc3ccccc32)c1. The van der Waals surface area contributed by atoms with Crippen molar-refractivity contribution >= 4 is 16.9 Å². The zero-order valence-electron chi connectivity index (χ0n) is 19.3. The van der Waals surface area contributed by atoms with Crippen molar-refractivity contribution in [3.63, 3.8) is 0 Å². The fraction of sp³-hybridized carbons (Fsp3) is 0.259. The maximum Gasteiger partial charge on any atom is 0.227 e. The van der Waals surface area contributed by atoms with Gasteiger partial charge in [0.25, 0.3) is 0 Å². The summed E-state index contributed by atoms with van der Waals surface area (Å²) in [7, 11) is 0. The molecule has 176 valence electrons. The minimum atomic E-state index is -0.793. The number of aromatic nitrogens is 2. The van der Waals surface area contributed by atoms with Crippen molar-refractivity contribution in [3.8, 4) is 5.75 Å². The predicted molar refractivity (Wildman–Crippen MR) is 129 cm³/mol. The van der Waals surface area contributed by atoms with Gasteiger partial charge in [0, 0.05) is 6.54 Å². The van der Waals surface area contributed by atoms with Crippen LogP contribution in [0.1, 0.15) is 22.5 Å². The van der Waals surface area contributed by atoms with E-state index >= 15 is 0 Å². The summed E-state index contributed by atoms with van der Waals surface area (Å²) >= 11 is 0. The first-order valence-electron chi connectivity index (χ1n) is 11.2. The number of fused-ring (bicyclic) bond motifs is 1. The number of aliphatic hydroxyl groups excluding tert-OH is 1. The van der Waals surface area contributed by atoms with Crippen molar-refractivity contribution in [2.45, 2.75) is 39.5 Å². The van der Waals surface area contributed by atoms with Crippen LogP contribution in [0.3, 0.4) is 0 Å². The fourth-order valence-corrected chi connectivity index (χ4v) is 3.79. The Morgan fingerprint density at radius 3 is 2.68 bits per heavy atom. The summed E-state index contributed by atoms with van der Waals surface area (Å²) in [5.74, 6) is 0.782. The number of amides is 1. The highest BCUT2D eigenvalue weighted by molar-refractivity contribution is 5.81. The van der Waals surface area contributed by atoms with Gasteiger partial charge in [0.2, 0.25) is 5.91 Å². The maximum absolute atomic E-state index is 13.1. The summed E-state index contributed by atoms with van der Waals surface area (Å²) in [4.78, 5) is 17.2. The quantitative estimate of drug-likeness (QED) is 0.394. The molecule has 1 heterocycles. The molecule has 0 saturated carbocycles. The minimum absolute atomic E-state index is 0.0560. The number of hydrogen-bond acceptors (Lipinski definition) is 4. The monoisotopic (exact) mass is 461 g/mol. The van der Waals surface area contributed by atoms with Crippen LogP contribution in [0, 0.1) is 19.7 Å². The molecule has 4 aromatic rings. The molecule has 0 radical (unpaired) electrons. The topological polar surface area (TPSA) is 76.4 Å². The van der Waals surface area contributed by atoms with Crippen molar-refractivity contribution in [1.82, 2.24) is 14.9 Å². The highest BCUT2D eigenvalue weighted by Gasteiger charge is 2.17. The van der Waals surface area contributed by atoms with Gasteiger partial charge in [-0.2, -0.15) is 0 Å². The second-order valence-corrected chi connectivity index (χ2v) is 8.44. The molecule has 3 aromatic carbocycles. The van der Waals surface area contributed by atoms with Crippen molar-refractivity contribution in [1.29, 1.82) is 0 Å². The van der Waals surface area contributed by atoms with Crippen LogP contribution in [0.2, 0.25) is 0 Å². The summed E-state index contributed by atoms with van der Waals surface area (Å²) in [6.07, 6.45) is -0.737. The zero-order chi connectivity index (χ0) is 24.1. The molecule has 6 nitrogen and oxygen atoms in total. The number of halogens is 1. The number of imidazole rings is 1. The van der Waals surface area contributed by atoms with E-state index in [1.165, 1.54) is 12.1 Å². The first kappa shape index (κ1) is 23.4. The average Bonchev–Trinajstić information content (AvgIpc) is 3.16. The number of para-hydroxylation sites is 2. The molecule has 1 atom stereocenters. The second kappa shape index (κ2) is 10.5. The Hall–Kier alpha value is -3.71. The molecule has 2 N–H and O–H groups in total. The lowest BCUT2D eigenvalue weighted by Gasteiger charge is -2.17. The highest BCUT2D eigenvalue weighted by Crippen LogP contribution is 2.21. The highest BCUT2D eigenvalue weighted by atomic mass is 19.1. The van der Waals surface area contributed by atoms with E-state index in [0.29, 0.717) is 12.4 Å². The number of hydrogen-bond donors (Lipinski definition) is 2. The Labute approximate surface area is 198 Å². The first-order valence-corrected chi connectivity index (χ1v) is 11.2. The van der Waals surface area contributed by atoms with Gasteiger partial charge in [-0.15, -0.1) is 0 Å². The van der Waals surface area contributed by atoms with E-state index in [1.807, 2.05) is 60.9 Å². The number of nitrogens with one attached hydrogen (secondary N) is 1. The zero-order valence-corrected chi connectivity index (χ0v) is 19.3. The summed E-state index contributed by atoms with van der Waals surface area (Å²) < 4.78 is 20.8. The van der Waals surface area contributed by atoms with Gasteiger partial charge >= 0.3 is 0 Å². The van der Waals surface area contributed by atoms with Gasteiger partial charge in [0.1, 0.15) is 30.1 Å². The van der Waals surface area contributed by atoms with E-state index in [-0.39, 0.29) is 31.3 Å². The molecule has 0 aliphatic heterocycles. The summed E-state index contributed by atoms with van der Waals surface area (Å²) in [6.45, 7) is 4.62. The third-order valence-corrected chi connectivity index (χ3v) is 5.62. The molecule has 0 spiro atoms. The number of ether oxygens (including phenoxy) is 1. The number of benzene rings is 3. The summed E-state index contributed by atoms with van der Waals surface area (Å²) in [5, 5.41) is 13.6. The first-order chi connectivity index (χ1) is 16.4. The number of rotatable bonds is 9. The molecule has 34 heavy (non-hydrogen) atoms. The van der Waals surface area contributed by atoms with Crippen molar-refractivity contribution in [2.24, 2.45) is 0 Å². The van der Waals surface area contributed by atoms with Gasteiger partial charge in [0.05, 0.1) is 24.0 Å². The molecule has 0 aliphatic carbocycles. The number of aliphatic hydroxyl groups is 1. The van der Waals surface area contributed by atoms with Crippen molar-refractivity contribution in [2.75, 3.05) is 6.61 Å². The van der Waals surface area contributed by atoms with Crippen LogP contribution in [0.5, 0.6) is 5.75 Å². The number of carbonyl (C=O) groups is 1. The van der Waals surface area contributed by atoms with E-state index in [4.69, 9.17) is 4.74 Å². The standard InChI is InChI=1S/C27H28FN3O3/c1-18-7-8-19(2)25(13-18)34-17-22(32)16-31-24-6-4-3-5-23(24)30-26(31)14-27(33)29-15-20-9-11-21(28)12-10-20/h3-13,22,32H,14-17H2,1-2H3,(H,29,33)/t22-/m1/s1. The third-order valence-electron chi connectivity index (χ3n) is 5.62. The molecule has 1 aromatic heterocycles. The smallest absolute Gasteiger partial charge is 0.227 e. The molecule has 0 bridgehead atoms. The lowest BCUT2D eigenvalue weighted by molar-refractivity contribution is -0.120. The van der Waals surface area contributed by atoms with Gasteiger partial charge in [-0.25, -0.2) is 9.37 Å². The Morgan fingerprint density at radius 1 is 1.12 bits per heavy atom. The number of nitrogens with zero attached hydrogens (tertiary/aromatic N) is 2. The van der Waals surface area contributed by atoms with Crippen LogP contribution < -0.4 is 10.1 Å². The van der Waals surface area contributed by atoms with Gasteiger partial charge in [-0.1, -0.05) is 36.4 Å². The molecular weight excluding hydrogens is 433 g/mol. The third kappa shape index (κ3) is 5.80. The van der Waals surface area contributed by atoms with Gasteiger partial charge < -0.3 is 19.7 Å². The lowest BCUT2D eigenvalue weighted by atomic mass is 10.1. The average molecular weight is 462 g/mol. The number of carbonyl (C=O) groups excluding carboxylic acids is 1. The van der Waals surface area contributed by atoms with E-state index < -0.39 is 6.10 Å². The van der Waals surface area contributed by atoms with E-state index in [1.54, 1.807) is 12.1 Å². The van der Waals surface area contributed by atoms with Crippen LogP contribution in [0.4, 0.5) is 4.39 Å². The van der Waals surface area contributed by atoms with Crippen molar-refractivity contribution in [3.05, 3.63) is 95.1 Å². The second-order valence-electron chi connectivity index (χ2n) is 8.44. The molecule has 1 amide bonds. The Balaban J connectivity index is 1.44. The van der Waals surface area contributed by atoms with Gasteiger partial charge in [-0.05, 0) is 60.9 Å². The summed E-state index contributed by atoms with van der Waals surface area (Å²) in [6, 6.07) is 19.5. The molecule has 0 aliphatic rings.